The Balaban J connectivity index is 1.21. The highest BCUT2D eigenvalue weighted by atomic mass is 32.2. The SMILES string of the molecule is Cc1ccc(C(=O)NCc2cc3nc(-c4cccc(N5CCN[C@H]6COC[C@H]65)n4)ccc3cn2)cc1S(C)(=O)=O. The maximum Gasteiger partial charge on any atom is 0.251 e. The van der Waals surface area contributed by atoms with Gasteiger partial charge in [0, 0.05) is 36.5 Å². The number of hydrogen-bond acceptors (Lipinski definition) is 9. The van der Waals surface area contributed by atoms with E-state index in [0.29, 0.717) is 23.9 Å². The topological polar surface area (TPSA) is 126 Å². The first-order chi connectivity index (χ1) is 19.3. The van der Waals surface area contributed by atoms with Gasteiger partial charge in [0.15, 0.2) is 9.84 Å². The van der Waals surface area contributed by atoms with Gasteiger partial charge in [0.25, 0.3) is 5.91 Å². The molecule has 0 saturated carbocycles. The molecule has 0 aliphatic carbocycles. The monoisotopic (exact) mass is 558 g/mol. The standard InChI is InChI=1S/C29H30N6O4S/c1-18-6-7-19(12-27(18)40(2,37)38)29(36)32-15-21-13-24-20(14-31-21)8-9-23(33-24)22-4-3-5-28(34-22)35-11-10-30-25-16-39-17-26(25)35/h3-9,12-14,25-26,30H,10-11,15-17H2,1-2H3,(H,32,36)/t25-,26+/m0/s1. The van der Waals surface area contributed by atoms with E-state index in [-0.39, 0.29) is 29.0 Å². The van der Waals surface area contributed by atoms with E-state index in [1.54, 1.807) is 25.3 Å². The van der Waals surface area contributed by atoms with Gasteiger partial charge in [0.05, 0.1) is 59.3 Å². The number of piperazine rings is 1. The van der Waals surface area contributed by atoms with E-state index >= 15 is 0 Å². The molecule has 3 aromatic heterocycles. The van der Waals surface area contributed by atoms with Crippen LogP contribution >= 0.6 is 0 Å². The molecule has 4 aromatic rings. The molecule has 0 spiro atoms. The average molecular weight is 559 g/mol. The number of carbonyl (C=O) groups is 1. The van der Waals surface area contributed by atoms with E-state index in [2.05, 4.69) is 20.5 Å². The second kappa shape index (κ2) is 10.6. The highest BCUT2D eigenvalue weighted by molar-refractivity contribution is 7.90. The summed E-state index contributed by atoms with van der Waals surface area (Å²) in [7, 11) is -3.44. The lowest BCUT2D eigenvalue weighted by molar-refractivity contribution is 0.0950. The van der Waals surface area contributed by atoms with Crippen LogP contribution in [0.5, 0.6) is 0 Å². The molecule has 2 aliphatic rings. The lowest BCUT2D eigenvalue weighted by Crippen LogP contribution is -2.57. The number of amides is 1. The number of nitrogens with zero attached hydrogens (tertiary/aromatic N) is 4. The van der Waals surface area contributed by atoms with Gasteiger partial charge >= 0.3 is 0 Å². The molecule has 2 N–H and O–H groups in total. The molecule has 2 saturated heterocycles. The van der Waals surface area contributed by atoms with Crippen LogP contribution in [-0.2, 0) is 21.1 Å². The number of pyridine rings is 3. The molecule has 2 aliphatic heterocycles. The number of benzene rings is 1. The molecular weight excluding hydrogens is 528 g/mol. The Hall–Kier alpha value is -3.93. The van der Waals surface area contributed by atoms with Crippen LogP contribution in [0, 0.1) is 6.92 Å². The van der Waals surface area contributed by atoms with Gasteiger partial charge in [0.1, 0.15) is 5.82 Å². The van der Waals surface area contributed by atoms with Crippen LogP contribution in [0.4, 0.5) is 5.82 Å². The fourth-order valence-corrected chi connectivity index (χ4v) is 6.30. The summed E-state index contributed by atoms with van der Waals surface area (Å²) < 4.78 is 29.8. The number of aryl methyl sites for hydroxylation is 1. The molecule has 10 nitrogen and oxygen atoms in total. The zero-order valence-corrected chi connectivity index (χ0v) is 23.1. The molecule has 40 heavy (non-hydrogen) atoms. The van der Waals surface area contributed by atoms with Gasteiger partial charge in [0.2, 0.25) is 0 Å². The number of nitrogens with one attached hydrogen (secondary N) is 2. The zero-order valence-electron chi connectivity index (χ0n) is 22.3. The number of fused-ring (bicyclic) bond motifs is 2. The van der Waals surface area contributed by atoms with Gasteiger partial charge in [-0.25, -0.2) is 18.4 Å². The van der Waals surface area contributed by atoms with Crippen molar-refractivity contribution in [3.8, 4) is 11.4 Å². The number of ether oxygens (including phenoxy) is 1. The van der Waals surface area contributed by atoms with Crippen LogP contribution < -0.4 is 15.5 Å². The number of anilines is 1. The Kier molecular flexibility index (Phi) is 6.95. The predicted octanol–water partition coefficient (Wildman–Crippen LogP) is 2.51. The molecule has 11 heteroatoms. The summed E-state index contributed by atoms with van der Waals surface area (Å²) in [6.07, 6.45) is 2.86. The molecule has 6 rings (SSSR count). The Morgan fingerprint density at radius 3 is 2.80 bits per heavy atom. The van der Waals surface area contributed by atoms with Gasteiger partial charge in [-0.1, -0.05) is 12.1 Å². The molecule has 2 atom stereocenters. The van der Waals surface area contributed by atoms with Crippen molar-refractivity contribution in [2.75, 3.05) is 37.5 Å². The summed E-state index contributed by atoms with van der Waals surface area (Å²) >= 11 is 0. The van der Waals surface area contributed by atoms with Crippen molar-refractivity contribution in [3.05, 3.63) is 77.6 Å². The molecule has 1 amide bonds. The van der Waals surface area contributed by atoms with Gasteiger partial charge in [-0.05, 0) is 55.0 Å². The van der Waals surface area contributed by atoms with Gasteiger partial charge in [-0.15, -0.1) is 0 Å². The van der Waals surface area contributed by atoms with Gasteiger partial charge in [-0.2, -0.15) is 0 Å². The third-order valence-corrected chi connectivity index (χ3v) is 8.65. The smallest absolute Gasteiger partial charge is 0.251 e. The van der Waals surface area contributed by atoms with Crippen molar-refractivity contribution in [2.45, 2.75) is 30.4 Å². The van der Waals surface area contributed by atoms with E-state index < -0.39 is 9.84 Å². The minimum absolute atomic E-state index is 0.145. The van der Waals surface area contributed by atoms with E-state index in [9.17, 15) is 13.2 Å². The minimum atomic E-state index is -3.44. The Morgan fingerprint density at radius 1 is 1.10 bits per heavy atom. The first kappa shape index (κ1) is 26.3. The van der Waals surface area contributed by atoms with Crippen LogP contribution in [0.1, 0.15) is 21.6 Å². The number of rotatable bonds is 6. The van der Waals surface area contributed by atoms with E-state index in [4.69, 9.17) is 14.7 Å². The maximum atomic E-state index is 12.8. The summed E-state index contributed by atoms with van der Waals surface area (Å²) in [5, 5.41) is 7.23. The second-order valence-electron chi connectivity index (χ2n) is 10.2. The minimum Gasteiger partial charge on any atom is -0.378 e. The molecule has 2 fully saturated rings. The summed E-state index contributed by atoms with van der Waals surface area (Å²) in [5.41, 5.74) is 3.78. The van der Waals surface area contributed by atoms with Crippen molar-refractivity contribution < 1.29 is 17.9 Å². The van der Waals surface area contributed by atoms with E-state index in [1.807, 2.05) is 36.4 Å². The largest absolute Gasteiger partial charge is 0.378 e. The van der Waals surface area contributed by atoms with Crippen LogP contribution in [0.3, 0.4) is 0 Å². The summed E-state index contributed by atoms with van der Waals surface area (Å²) in [6.45, 7) is 5.04. The van der Waals surface area contributed by atoms with Crippen molar-refractivity contribution in [1.29, 1.82) is 0 Å². The lowest BCUT2D eigenvalue weighted by Gasteiger charge is -2.38. The molecule has 0 bridgehead atoms. The van der Waals surface area contributed by atoms with Crippen molar-refractivity contribution in [3.63, 3.8) is 0 Å². The second-order valence-corrected chi connectivity index (χ2v) is 12.2. The Morgan fingerprint density at radius 2 is 1.95 bits per heavy atom. The summed E-state index contributed by atoms with van der Waals surface area (Å²) in [4.78, 5) is 29.5. The average Bonchev–Trinajstić information content (AvgIpc) is 3.44. The third kappa shape index (κ3) is 5.27. The lowest BCUT2D eigenvalue weighted by atomic mass is 10.1. The Bertz CT molecular complexity index is 1710. The van der Waals surface area contributed by atoms with Crippen LogP contribution in [0.15, 0.2) is 65.7 Å². The fourth-order valence-electron chi connectivity index (χ4n) is 5.30. The number of sulfone groups is 1. The molecular formula is C29H30N6O4S. The molecule has 0 radical (unpaired) electrons. The number of carbonyl (C=O) groups excluding carboxylic acids is 1. The van der Waals surface area contributed by atoms with E-state index in [1.165, 1.54) is 6.07 Å². The van der Waals surface area contributed by atoms with Crippen molar-refractivity contribution in [1.82, 2.24) is 25.6 Å². The third-order valence-electron chi connectivity index (χ3n) is 7.41. The van der Waals surface area contributed by atoms with Crippen molar-refractivity contribution >= 4 is 32.5 Å². The zero-order chi connectivity index (χ0) is 27.9. The summed E-state index contributed by atoms with van der Waals surface area (Å²) in [6, 6.07) is 17.0. The summed E-state index contributed by atoms with van der Waals surface area (Å²) in [5.74, 6) is 0.534. The quantitative estimate of drug-likeness (QED) is 0.367. The molecule has 206 valence electrons. The highest BCUT2D eigenvalue weighted by Crippen LogP contribution is 2.26. The molecule has 0 unspecified atom stereocenters. The Labute approximate surface area is 232 Å². The van der Waals surface area contributed by atoms with Crippen LogP contribution in [0.25, 0.3) is 22.3 Å². The molecule has 5 heterocycles. The normalized spacial score (nSPS) is 19.0. The highest BCUT2D eigenvalue weighted by Gasteiger charge is 2.36. The maximum absolute atomic E-state index is 12.8. The molecule has 1 aromatic carbocycles. The first-order valence-electron chi connectivity index (χ1n) is 13.2. The number of hydrogen-bond donors (Lipinski definition) is 2. The van der Waals surface area contributed by atoms with Crippen molar-refractivity contribution in [2.24, 2.45) is 0 Å². The number of aromatic nitrogens is 3. The van der Waals surface area contributed by atoms with Crippen LogP contribution in [-0.4, -0.2) is 73.9 Å². The van der Waals surface area contributed by atoms with Gasteiger partial charge in [-0.3, -0.25) is 9.78 Å². The fraction of sp³-hybridized carbons (Fsp3) is 0.310. The predicted molar refractivity (Wildman–Crippen MR) is 152 cm³/mol. The van der Waals surface area contributed by atoms with Gasteiger partial charge < -0.3 is 20.3 Å². The first-order valence-corrected chi connectivity index (χ1v) is 15.1. The van der Waals surface area contributed by atoms with E-state index in [0.717, 1.165) is 54.1 Å². The van der Waals surface area contributed by atoms with Crippen LogP contribution in [0.2, 0.25) is 0 Å².